The molecule has 5 rings (SSSR count). The molecule has 206 valence electrons. The molecular formula is C28H42ClN3O4S. The minimum atomic E-state index is -1.01. The summed E-state index contributed by atoms with van der Waals surface area (Å²) < 4.78 is 17.1. The molecule has 2 amide bonds. The molecule has 1 atom stereocenters. The van der Waals surface area contributed by atoms with Gasteiger partial charge in [-0.1, -0.05) is 11.6 Å². The molecule has 1 aromatic carbocycles. The van der Waals surface area contributed by atoms with E-state index in [-0.39, 0.29) is 11.3 Å². The smallest absolute Gasteiger partial charge is 0.410 e. The second kappa shape index (κ2) is 11.5. The molecule has 2 N–H and O–H groups in total. The zero-order chi connectivity index (χ0) is 26.8. The van der Waals surface area contributed by atoms with Crippen LogP contribution >= 0.6 is 11.6 Å². The van der Waals surface area contributed by atoms with Crippen LogP contribution in [0.2, 0.25) is 5.02 Å². The van der Waals surface area contributed by atoms with Gasteiger partial charge in [-0.2, -0.15) is 0 Å². The lowest BCUT2D eigenvalue weighted by atomic mass is 9.49. The first-order valence-electron chi connectivity index (χ1n) is 13.5. The third kappa shape index (κ3) is 7.62. The summed E-state index contributed by atoms with van der Waals surface area (Å²) in [7, 11) is -1.01. The van der Waals surface area contributed by atoms with Crippen molar-refractivity contribution in [3.05, 3.63) is 28.8 Å². The summed E-state index contributed by atoms with van der Waals surface area (Å²) in [6.07, 6.45) is 9.07. The molecule has 1 unspecified atom stereocenters. The summed E-state index contributed by atoms with van der Waals surface area (Å²) in [5.74, 6) is 2.78. The predicted molar refractivity (Wildman–Crippen MR) is 150 cm³/mol. The molecule has 4 saturated carbocycles. The van der Waals surface area contributed by atoms with Gasteiger partial charge in [0.2, 0.25) is 0 Å². The first-order valence-corrected chi connectivity index (χ1v) is 15.6. The van der Waals surface area contributed by atoms with Crippen molar-refractivity contribution < 1.29 is 18.5 Å². The topological polar surface area (TPSA) is 87.7 Å². The van der Waals surface area contributed by atoms with Crippen LogP contribution in [-0.4, -0.2) is 64.9 Å². The number of ether oxygens (including phenoxy) is 1. The Morgan fingerprint density at radius 1 is 1.11 bits per heavy atom. The van der Waals surface area contributed by atoms with Crippen molar-refractivity contribution in [2.75, 3.05) is 43.5 Å². The second-order valence-electron chi connectivity index (χ2n) is 12.5. The molecule has 0 heterocycles. The standard InChI is InChI=1S/C28H42ClN3O4S/c1-27(2,3)36-26(34)32(9-10-37(4)35)8-7-30-22-5-6-24(29)23(14-22)25(33)31-18-28-15-19-11-20(16-28)13-21(12-19)17-28/h5-6,14,19-21,30H,7-13,15-18H2,1-4H3,(H,31,33). The average molecular weight is 552 g/mol. The normalized spacial score (nSPS) is 27.0. The Morgan fingerprint density at radius 3 is 2.30 bits per heavy atom. The van der Waals surface area contributed by atoms with Crippen LogP contribution in [0.1, 0.15) is 69.7 Å². The Hall–Kier alpha value is -1.80. The van der Waals surface area contributed by atoms with E-state index in [1.54, 1.807) is 23.3 Å². The number of benzene rings is 1. The first kappa shape index (κ1) is 28.2. The molecule has 4 aliphatic carbocycles. The van der Waals surface area contributed by atoms with Crippen molar-refractivity contribution in [2.24, 2.45) is 23.2 Å². The number of nitrogens with zero attached hydrogens (tertiary/aromatic N) is 1. The maximum absolute atomic E-state index is 13.1. The minimum absolute atomic E-state index is 0.134. The summed E-state index contributed by atoms with van der Waals surface area (Å²) >= 11 is 6.42. The summed E-state index contributed by atoms with van der Waals surface area (Å²) in [6, 6.07) is 5.34. The van der Waals surface area contributed by atoms with Crippen molar-refractivity contribution in [2.45, 2.75) is 64.9 Å². The van der Waals surface area contributed by atoms with E-state index < -0.39 is 22.5 Å². The summed E-state index contributed by atoms with van der Waals surface area (Å²) in [4.78, 5) is 27.3. The molecule has 0 saturated heterocycles. The SMILES string of the molecule is CS(=O)CCN(CCNc1ccc(Cl)c(C(=O)NCC23CC4CC(CC(C4)C2)C3)c1)C(=O)OC(C)(C)C. The number of carbonyl (C=O) groups excluding carboxylic acids is 2. The fourth-order valence-corrected chi connectivity index (χ4v) is 7.55. The van der Waals surface area contributed by atoms with Gasteiger partial charge in [0.05, 0.1) is 10.6 Å². The lowest BCUT2D eigenvalue weighted by Crippen LogP contribution is -2.51. The van der Waals surface area contributed by atoms with Crippen LogP contribution in [0.4, 0.5) is 10.5 Å². The highest BCUT2D eigenvalue weighted by atomic mass is 35.5. The Balaban J connectivity index is 1.32. The van der Waals surface area contributed by atoms with Gasteiger partial charge in [-0.15, -0.1) is 0 Å². The van der Waals surface area contributed by atoms with Crippen LogP contribution in [0, 0.1) is 23.2 Å². The Bertz CT molecular complexity index is 990. The summed E-state index contributed by atoms with van der Waals surface area (Å²) in [5.41, 5.74) is 0.873. The number of nitrogens with one attached hydrogen (secondary N) is 2. The minimum Gasteiger partial charge on any atom is -0.444 e. The van der Waals surface area contributed by atoms with Gasteiger partial charge in [0.15, 0.2) is 0 Å². The zero-order valence-electron chi connectivity index (χ0n) is 22.6. The first-order chi connectivity index (χ1) is 17.4. The quantitative estimate of drug-likeness (QED) is 0.411. The van der Waals surface area contributed by atoms with Crippen LogP contribution in [0.15, 0.2) is 18.2 Å². The Labute approximate surface area is 228 Å². The van der Waals surface area contributed by atoms with Crippen molar-refractivity contribution in [3.8, 4) is 0 Å². The van der Waals surface area contributed by atoms with E-state index in [0.717, 1.165) is 30.0 Å². The zero-order valence-corrected chi connectivity index (χ0v) is 24.2. The third-order valence-corrected chi connectivity index (χ3v) is 9.10. The van der Waals surface area contributed by atoms with Crippen LogP contribution in [-0.2, 0) is 15.5 Å². The lowest BCUT2D eigenvalue weighted by molar-refractivity contribution is -0.0503. The maximum atomic E-state index is 13.1. The maximum Gasteiger partial charge on any atom is 0.410 e. The average Bonchev–Trinajstić information content (AvgIpc) is 2.78. The van der Waals surface area contributed by atoms with Gasteiger partial charge >= 0.3 is 6.09 Å². The monoisotopic (exact) mass is 551 g/mol. The van der Waals surface area contributed by atoms with Crippen molar-refractivity contribution in [3.63, 3.8) is 0 Å². The van der Waals surface area contributed by atoms with Gasteiger partial charge < -0.3 is 20.3 Å². The number of rotatable bonds is 10. The van der Waals surface area contributed by atoms with Gasteiger partial charge in [-0.3, -0.25) is 9.00 Å². The molecule has 1 aromatic rings. The van der Waals surface area contributed by atoms with Gasteiger partial charge in [0.25, 0.3) is 5.91 Å². The third-order valence-electron chi connectivity index (χ3n) is 8.01. The molecule has 0 aromatic heterocycles. The highest BCUT2D eigenvalue weighted by molar-refractivity contribution is 7.84. The van der Waals surface area contributed by atoms with Crippen molar-refractivity contribution in [1.82, 2.24) is 10.2 Å². The number of anilines is 1. The molecule has 4 fully saturated rings. The highest BCUT2D eigenvalue weighted by Crippen LogP contribution is 2.59. The van der Waals surface area contributed by atoms with E-state index in [1.165, 1.54) is 38.5 Å². The van der Waals surface area contributed by atoms with Crippen LogP contribution in [0.25, 0.3) is 0 Å². The number of halogens is 1. The molecule has 0 radical (unpaired) electrons. The number of amides is 2. The fourth-order valence-electron chi connectivity index (χ4n) is 6.87. The van der Waals surface area contributed by atoms with E-state index in [9.17, 15) is 13.8 Å². The molecule has 0 spiro atoms. The van der Waals surface area contributed by atoms with Crippen molar-refractivity contribution >= 4 is 40.1 Å². The molecule has 0 aliphatic heterocycles. The summed E-state index contributed by atoms with van der Waals surface area (Å²) in [5, 5.41) is 6.93. The fraction of sp³-hybridized carbons (Fsp3) is 0.714. The van der Waals surface area contributed by atoms with Gasteiger partial charge in [-0.05, 0) is 101 Å². The molecule has 37 heavy (non-hydrogen) atoms. The van der Waals surface area contributed by atoms with Crippen LogP contribution in [0.3, 0.4) is 0 Å². The molecule has 7 nitrogen and oxygen atoms in total. The largest absolute Gasteiger partial charge is 0.444 e. The number of carbonyl (C=O) groups is 2. The van der Waals surface area contributed by atoms with E-state index in [2.05, 4.69) is 10.6 Å². The predicted octanol–water partition coefficient (Wildman–Crippen LogP) is 5.31. The van der Waals surface area contributed by atoms with E-state index >= 15 is 0 Å². The van der Waals surface area contributed by atoms with Crippen LogP contribution < -0.4 is 10.6 Å². The number of hydrogen-bond donors (Lipinski definition) is 2. The van der Waals surface area contributed by atoms with E-state index in [0.29, 0.717) is 36.0 Å². The Morgan fingerprint density at radius 2 is 1.73 bits per heavy atom. The van der Waals surface area contributed by atoms with Crippen molar-refractivity contribution in [1.29, 1.82) is 0 Å². The molecule has 4 bridgehead atoms. The van der Waals surface area contributed by atoms with E-state index in [1.807, 2.05) is 26.8 Å². The van der Waals surface area contributed by atoms with Gasteiger partial charge in [0.1, 0.15) is 5.60 Å². The van der Waals surface area contributed by atoms with Gasteiger partial charge in [-0.25, -0.2) is 4.79 Å². The highest BCUT2D eigenvalue weighted by Gasteiger charge is 2.50. The Kier molecular flexibility index (Phi) is 8.79. The lowest BCUT2D eigenvalue weighted by Gasteiger charge is -2.56. The molecule has 9 heteroatoms. The number of hydrogen-bond acceptors (Lipinski definition) is 5. The van der Waals surface area contributed by atoms with Crippen LogP contribution in [0.5, 0.6) is 0 Å². The summed E-state index contributed by atoms with van der Waals surface area (Å²) in [6.45, 7) is 7.37. The second-order valence-corrected chi connectivity index (χ2v) is 14.4. The van der Waals surface area contributed by atoms with E-state index in [4.69, 9.17) is 16.3 Å². The molecule has 4 aliphatic rings. The molecular weight excluding hydrogens is 510 g/mol. The van der Waals surface area contributed by atoms with Gasteiger partial charge in [0, 0.05) is 54.7 Å².